The SMILES string of the molecule is O=C([O-])[O-].[Al+3].[Mg+2].[OH-].[OH-].[OH-]. The molecule has 0 saturated heterocycles. The quantitative estimate of drug-likeness (QED) is 0.333. The Labute approximate surface area is 78.1 Å². The average molecular weight is 162 g/mol. The fraction of sp³-hybridized carbons (Fsp3) is 0. The first kappa shape index (κ1) is 56.7. The van der Waals surface area contributed by atoms with Crippen molar-refractivity contribution >= 4 is 46.6 Å². The maximum atomic E-state index is 8.33. The van der Waals surface area contributed by atoms with Gasteiger partial charge in [0.15, 0.2) is 0 Å². The summed E-state index contributed by atoms with van der Waals surface area (Å²) < 4.78 is 0. The second-order valence-electron chi connectivity index (χ2n) is 0.250. The van der Waals surface area contributed by atoms with Crippen LogP contribution in [0.1, 0.15) is 0 Å². The molecule has 0 saturated carbocycles. The number of hydrogen-bond donors (Lipinski definition) is 0. The van der Waals surface area contributed by atoms with Crippen molar-refractivity contribution in [2.75, 3.05) is 0 Å². The Morgan fingerprint density at radius 1 is 1.00 bits per heavy atom. The molecule has 6 nitrogen and oxygen atoms in total. The molecule has 0 radical (unpaired) electrons. The fourth-order valence-electron chi connectivity index (χ4n) is 0. The van der Waals surface area contributed by atoms with Gasteiger partial charge in [-0.15, -0.1) is 0 Å². The van der Waals surface area contributed by atoms with E-state index in [1.807, 2.05) is 0 Å². The van der Waals surface area contributed by atoms with Crippen LogP contribution < -0.4 is 10.2 Å². The van der Waals surface area contributed by atoms with Crippen LogP contribution >= 0.6 is 0 Å². The Morgan fingerprint density at radius 3 is 1.00 bits per heavy atom. The van der Waals surface area contributed by atoms with Crippen molar-refractivity contribution in [2.45, 2.75) is 0 Å². The van der Waals surface area contributed by atoms with Crippen molar-refractivity contribution in [2.24, 2.45) is 0 Å². The standard InChI is InChI=1S/CH2O3.Al.Mg.3H2O/c2-1(3)4;;;;;/h(H2,2,3,4);;;3*1H2/q;+3;+2;;;/p-5. The minimum Gasteiger partial charge on any atom is -0.870 e. The van der Waals surface area contributed by atoms with Gasteiger partial charge in [-0.3, -0.25) is 0 Å². The zero-order valence-corrected chi connectivity index (χ0v) is 6.92. The summed E-state index contributed by atoms with van der Waals surface area (Å²) in [4.78, 5) is 8.33. The Balaban J connectivity index is -0.00000000450. The van der Waals surface area contributed by atoms with Gasteiger partial charge in [0.2, 0.25) is 0 Å². The van der Waals surface area contributed by atoms with Crippen LogP contribution in [-0.4, -0.2) is 63.0 Å². The van der Waals surface area contributed by atoms with E-state index in [0.29, 0.717) is 0 Å². The molecule has 3 N–H and O–H groups in total. The van der Waals surface area contributed by atoms with Crippen LogP contribution in [0.15, 0.2) is 0 Å². The third kappa shape index (κ3) is 1750. The second-order valence-corrected chi connectivity index (χ2v) is 0.250. The molecule has 0 aromatic carbocycles. The molecule has 0 aliphatic heterocycles. The van der Waals surface area contributed by atoms with E-state index in [-0.39, 0.29) is 56.8 Å². The third-order valence-corrected chi connectivity index (χ3v) is 0. The van der Waals surface area contributed by atoms with Gasteiger partial charge in [-0.25, -0.2) is 0 Å². The molecule has 0 aromatic heterocycles. The molecule has 0 heterocycles. The Bertz CT molecular complexity index is 36.0. The fourth-order valence-corrected chi connectivity index (χ4v) is 0. The van der Waals surface area contributed by atoms with E-state index in [9.17, 15) is 0 Å². The molecular formula is CH3AlMgO6. The molecule has 0 bridgehead atoms. The van der Waals surface area contributed by atoms with Crippen molar-refractivity contribution in [3.05, 3.63) is 0 Å². The van der Waals surface area contributed by atoms with E-state index in [1.165, 1.54) is 0 Å². The Hall–Kier alpha value is 0.449. The predicted octanol–water partition coefficient (Wildman–Crippen LogP) is -3.74. The van der Waals surface area contributed by atoms with Crippen LogP contribution in [0.2, 0.25) is 0 Å². The first-order valence-corrected chi connectivity index (χ1v) is 0.612. The van der Waals surface area contributed by atoms with Gasteiger partial charge in [-0.1, -0.05) is 0 Å². The summed E-state index contributed by atoms with van der Waals surface area (Å²) in [6, 6.07) is 0. The van der Waals surface area contributed by atoms with Gasteiger partial charge in [0.05, 0.1) is 0 Å². The van der Waals surface area contributed by atoms with E-state index in [2.05, 4.69) is 0 Å². The number of carbonyl (C=O) groups is 1. The van der Waals surface area contributed by atoms with Crippen molar-refractivity contribution in [1.29, 1.82) is 0 Å². The van der Waals surface area contributed by atoms with Crippen LogP contribution in [-0.2, 0) is 0 Å². The molecule has 0 aliphatic carbocycles. The number of hydrogen-bond acceptors (Lipinski definition) is 6. The summed E-state index contributed by atoms with van der Waals surface area (Å²) in [7, 11) is 0. The maximum absolute atomic E-state index is 8.33. The zero-order chi connectivity index (χ0) is 3.58. The molecular weight excluding hydrogens is 159 g/mol. The summed E-state index contributed by atoms with van der Waals surface area (Å²) in [5.41, 5.74) is 0. The van der Waals surface area contributed by atoms with E-state index < -0.39 is 6.16 Å². The number of rotatable bonds is 0. The first-order chi connectivity index (χ1) is 1.73. The Morgan fingerprint density at radius 2 is 1.00 bits per heavy atom. The van der Waals surface area contributed by atoms with E-state index in [4.69, 9.17) is 15.0 Å². The molecule has 8 heteroatoms. The maximum Gasteiger partial charge on any atom is 3.00 e. The summed E-state index contributed by atoms with van der Waals surface area (Å²) in [5, 5.41) is 16.7. The number of carbonyl (C=O) groups excluding carboxylic acids is 1. The summed E-state index contributed by atoms with van der Waals surface area (Å²) in [6.07, 6.45) is -2.33. The van der Waals surface area contributed by atoms with E-state index in [0.717, 1.165) is 0 Å². The van der Waals surface area contributed by atoms with Gasteiger partial charge >= 0.3 is 40.4 Å². The molecule has 0 spiro atoms. The summed E-state index contributed by atoms with van der Waals surface area (Å²) in [5.74, 6) is 0. The minimum atomic E-state index is -2.33. The molecule has 0 amide bonds. The van der Waals surface area contributed by atoms with Crippen LogP contribution in [0.4, 0.5) is 4.79 Å². The van der Waals surface area contributed by atoms with Crippen molar-refractivity contribution in [1.82, 2.24) is 0 Å². The van der Waals surface area contributed by atoms with Gasteiger partial charge in [0.1, 0.15) is 0 Å². The normalized spacial score (nSPS) is 2.67. The zero-order valence-electron chi connectivity index (χ0n) is 4.35. The van der Waals surface area contributed by atoms with Crippen LogP contribution in [0.5, 0.6) is 0 Å². The number of carboxylic acid groups (broad SMARTS) is 2. The van der Waals surface area contributed by atoms with Gasteiger partial charge in [0, 0.05) is 0 Å². The molecule has 0 rings (SSSR count). The summed E-state index contributed by atoms with van der Waals surface area (Å²) >= 11 is 0. The van der Waals surface area contributed by atoms with Crippen molar-refractivity contribution in [3.8, 4) is 0 Å². The Kier molecular flexibility index (Phi) is 248. The molecule has 0 aliphatic rings. The predicted molar refractivity (Wildman–Crippen MR) is 22.7 cm³/mol. The molecule has 0 unspecified atom stereocenters. The molecule has 48 valence electrons. The van der Waals surface area contributed by atoms with E-state index >= 15 is 0 Å². The van der Waals surface area contributed by atoms with Crippen LogP contribution in [0.3, 0.4) is 0 Å². The van der Waals surface area contributed by atoms with Crippen molar-refractivity contribution in [3.63, 3.8) is 0 Å². The molecule has 0 aromatic rings. The van der Waals surface area contributed by atoms with Gasteiger partial charge in [0.25, 0.3) is 0 Å². The first-order valence-electron chi connectivity index (χ1n) is 0.612. The van der Waals surface area contributed by atoms with Gasteiger partial charge in [-0.05, 0) is 6.16 Å². The van der Waals surface area contributed by atoms with Crippen LogP contribution in [0.25, 0.3) is 0 Å². The average Bonchev–Trinajstić information content (AvgIpc) is 0.811. The topological polar surface area (TPSA) is 153 Å². The largest absolute Gasteiger partial charge is 3.00 e. The molecule has 0 atom stereocenters. The van der Waals surface area contributed by atoms with Crippen LogP contribution in [0, 0.1) is 0 Å². The smallest absolute Gasteiger partial charge is 0.870 e. The molecule has 0 fully saturated rings. The second kappa shape index (κ2) is 39.4. The third-order valence-electron chi connectivity index (χ3n) is 0. The van der Waals surface area contributed by atoms with Crippen molar-refractivity contribution < 1.29 is 31.4 Å². The van der Waals surface area contributed by atoms with E-state index in [1.54, 1.807) is 0 Å². The summed E-state index contributed by atoms with van der Waals surface area (Å²) in [6.45, 7) is 0. The van der Waals surface area contributed by atoms with Gasteiger partial charge < -0.3 is 31.4 Å². The monoisotopic (exact) mass is 162 g/mol. The van der Waals surface area contributed by atoms with Gasteiger partial charge in [-0.2, -0.15) is 0 Å². The molecule has 9 heavy (non-hydrogen) atoms. The minimum absolute atomic E-state index is 0.